The molecular weight excluding hydrogens is 362 g/mol. The molecule has 0 unspecified atom stereocenters. The first-order valence-corrected chi connectivity index (χ1v) is 10.8. The van der Waals surface area contributed by atoms with Crippen molar-refractivity contribution in [2.75, 3.05) is 32.4 Å². The van der Waals surface area contributed by atoms with Crippen molar-refractivity contribution in [3.8, 4) is 5.69 Å². The van der Waals surface area contributed by atoms with Crippen molar-refractivity contribution in [3.63, 3.8) is 0 Å². The van der Waals surface area contributed by atoms with Crippen LogP contribution in [0.3, 0.4) is 0 Å². The van der Waals surface area contributed by atoms with Gasteiger partial charge in [-0.3, -0.25) is 4.79 Å². The normalized spacial score (nSPS) is 16.2. The van der Waals surface area contributed by atoms with Gasteiger partial charge in [0.2, 0.25) is 15.9 Å². The van der Waals surface area contributed by atoms with Gasteiger partial charge >= 0.3 is 0 Å². The average Bonchev–Trinajstić information content (AvgIpc) is 2.93. The van der Waals surface area contributed by atoms with Crippen LogP contribution in [0.2, 0.25) is 0 Å². The lowest BCUT2D eigenvalue weighted by Crippen LogP contribution is -2.49. The van der Waals surface area contributed by atoms with Crippen LogP contribution in [0.15, 0.2) is 42.5 Å². The van der Waals surface area contributed by atoms with E-state index in [0.29, 0.717) is 26.2 Å². The molecule has 0 saturated carbocycles. The van der Waals surface area contributed by atoms with E-state index in [0.717, 1.165) is 22.6 Å². The summed E-state index contributed by atoms with van der Waals surface area (Å²) in [5.41, 5.74) is 4.27. The topological polar surface area (TPSA) is 62.6 Å². The monoisotopic (exact) mass is 387 g/mol. The zero-order chi connectivity index (χ0) is 19.6. The summed E-state index contributed by atoms with van der Waals surface area (Å²) < 4.78 is 26.7. The van der Waals surface area contributed by atoms with Gasteiger partial charge in [0.15, 0.2) is 0 Å². The molecule has 27 heavy (non-hydrogen) atoms. The third-order valence-electron chi connectivity index (χ3n) is 4.91. The molecule has 6 nitrogen and oxygen atoms in total. The Morgan fingerprint density at radius 3 is 2.26 bits per heavy atom. The first-order chi connectivity index (χ1) is 12.8. The minimum absolute atomic E-state index is 0.0901. The third kappa shape index (κ3) is 4.31. The number of aromatic nitrogens is 1. The van der Waals surface area contributed by atoms with Gasteiger partial charge in [0, 0.05) is 49.3 Å². The highest BCUT2D eigenvalue weighted by Crippen LogP contribution is 2.21. The number of carbonyl (C=O) groups is 1. The molecule has 0 N–H and O–H groups in total. The summed E-state index contributed by atoms with van der Waals surface area (Å²) in [6.45, 7) is 5.61. The Balaban J connectivity index is 1.71. The number of amides is 1. The maximum absolute atomic E-state index is 12.5. The van der Waals surface area contributed by atoms with Gasteiger partial charge in [0.05, 0.1) is 6.26 Å². The Labute approximate surface area is 160 Å². The summed E-state index contributed by atoms with van der Waals surface area (Å²) in [7, 11) is -3.19. The van der Waals surface area contributed by atoms with E-state index < -0.39 is 10.0 Å². The number of benzene rings is 1. The van der Waals surface area contributed by atoms with Crippen LogP contribution >= 0.6 is 0 Å². The minimum Gasteiger partial charge on any atom is -0.337 e. The van der Waals surface area contributed by atoms with E-state index in [-0.39, 0.29) is 5.91 Å². The highest BCUT2D eigenvalue weighted by atomic mass is 32.2. The minimum atomic E-state index is -3.19. The van der Waals surface area contributed by atoms with Crippen LogP contribution in [-0.2, 0) is 14.8 Å². The second kappa shape index (κ2) is 7.70. The van der Waals surface area contributed by atoms with Crippen molar-refractivity contribution < 1.29 is 13.2 Å². The molecule has 0 bridgehead atoms. The molecule has 0 radical (unpaired) electrons. The number of carbonyl (C=O) groups excluding carboxylic acids is 1. The van der Waals surface area contributed by atoms with E-state index in [9.17, 15) is 13.2 Å². The lowest BCUT2D eigenvalue weighted by molar-refractivity contribution is -0.127. The van der Waals surface area contributed by atoms with Gasteiger partial charge in [-0.15, -0.1) is 0 Å². The molecule has 1 aliphatic rings. The zero-order valence-electron chi connectivity index (χ0n) is 15.9. The van der Waals surface area contributed by atoms with Crippen LogP contribution < -0.4 is 0 Å². The second-order valence-corrected chi connectivity index (χ2v) is 8.80. The molecule has 7 heteroatoms. The van der Waals surface area contributed by atoms with E-state index in [2.05, 4.69) is 22.8 Å². The number of aryl methyl sites for hydroxylation is 1. The summed E-state index contributed by atoms with van der Waals surface area (Å²) in [5.74, 6) is -0.0901. The van der Waals surface area contributed by atoms with Crippen molar-refractivity contribution in [2.45, 2.75) is 13.8 Å². The SMILES string of the molecule is Cc1cc(/C=C/C(=O)N2CCN(S(C)(=O)=O)CC2)c(C)n1-c1ccccc1. The van der Waals surface area contributed by atoms with Crippen LogP contribution in [0.25, 0.3) is 11.8 Å². The number of rotatable bonds is 4. The van der Waals surface area contributed by atoms with E-state index in [1.807, 2.05) is 38.1 Å². The van der Waals surface area contributed by atoms with Crippen LogP contribution in [0.1, 0.15) is 17.0 Å². The van der Waals surface area contributed by atoms with E-state index >= 15 is 0 Å². The maximum Gasteiger partial charge on any atom is 0.246 e. The summed E-state index contributed by atoms with van der Waals surface area (Å²) in [4.78, 5) is 14.2. The molecule has 2 heterocycles. The first-order valence-electron chi connectivity index (χ1n) is 8.94. The number of piperazine rings is 1. The standard InChI is InChI=1S/C20H25N3O3S/c1-16-15-18(17(2)23(16)19-7-5-4-6-8-19)9-10-20(24)21-11-13-22(14-12-21)27(3,25)26/h4-10,15H,11-14H2,1-3H3/b10-9+. The molecule has 1 aliphatic heterocycles. The molecule has 2 aromatic rings. The van der Waals surface area contributed by atoms with Gasteiger partial charge in [-0.25, -0.2) is 8.42 Å². The summed E-state index contributed by atoms with van der Waals surface area (Å²) in [6, 6.07) is 12.2. The van der Waals surface area contributed by atoms with Gasteiger partial charge in [-0.1, -0.05) is 18.2 Å². The highest BCUT2D eigenvalue weighted by molar-refractivity contribution is 7.88. The molecular formula is C20H25N3O3S. The number of hydrogen-bond donors (Lipinski definition) is 0. The predicted octanol–water partition coefficient (Wildman–Crippen LogP) is 2.21. The molecule has 1 saturated heterocycles. The fraction of sp³-hybridized carbons (Fsp3) is 0.350. The molecule has 1 aromatic carbocycles. The predicted molar refractivity (Wildman–Crippen MR) is 107 cm³/mol. The summed E-state index contributed by atoms with van der Waals surface area (Å²) in [5, 5.41) is 0. The number of sulfonamides is 1. The van der Waals surface area contributed by atoms with Gasteiger partial charge in [0.25, 0.3) is 0 Å². The number of nitrogens with zero attached hydrogens (tertiary/aromatic N) is 3. The Kier molecular flexibility index (Phi) is 5.53. The van der Waals surface area contributed by atoms with Gasteiger partial charge < -0.3 is 9.47 Å². The van der Waals surface area contributed by atoms with Crippen molar-refractivity contribution in [1.82, 2.24) is 13.8 Å². The number of hydrogen-bond acceptors (Lipinski definition) is 3. The van der Waals surface area contributed by atoms with Crippen molar-refractivity contribution in [2.24, 2.45) is 0 Å². The van der Waals surface area contributed by atoms with Crippen LogP contribution in [0.5, 0.6) is 0 Å². The molecule has 3 rings (SSSR count). The molecule has 0 spiro atoms. The summed E-state index contributed by atoms with van der Waals surface area (Å²) >= 11 is 0. The smallest absolute Gasteiger partial charge is 0.246 e. The fourth-order valence-electron chi connectivity index (χ4n) is 3.44. The molecule has 1 fully saturated rings. The van der Waals surface area contributed by atoms with Crippen LogP contribution in [0.4, 0.5) is 0 Å². The molecule has 0 atom stereocenters. The molecule has 1 amide bonds. The highest BCUT2D eigenvalue weighted by Gasteiger charge is 2.25. The lowest BCUT2D eigenvalue weighted by Gasteiger charge is -2.32. The maximum atomic E-state index is 12.5. The van der Waals surface area contributed by atoms with Crippen molar-refractivity contribution in [3.05, 3.63) is 59.4 Å². The van der Waals surface area contributed by atoms with E-state index in [4.69, 9.17) is 0 Å². The van der Waals surface area contributed by atoms with Crippen LogP contribution in [-0.4, -0.2) is 60.5 Å². The van der Waals surface area contributed by atoms with Crippen molar-refractivity contribution >= 4 is 22.0 Å². The van der Waals surface area contributed by atoms with E-state index in [1.54, 1.807) is 11.0 Å². The summed E-state index contributed by atoms with van der Waals surface area (Å²) in [6.07, 6.45) is 4.62. The molecule has 1 aromatic heterocycles. The zero-order valence-corrected chi connectivity index (χ0v) is 16.7. The quantitative estimate of drug-likeness (QED) is 0.756. The van der Waals surface area contributed by atoms with Gasteiger partial charge in [-0.05, 0) is 43.7 Å². The van der Waals surface area contributed by atoms with Crippen molar-refractivity contribution in [1.29, 1.82) is 0 Å². The van der Waals surface area contributed by atoms with E-state index in [1.165, 1.54) is 10.6 Å². The second-order valence-electron chi connectivity index (χ2n) is 6.82. The Hall–Kier alpha value is -2.38. The fourth-order valence-corrected chi connectivity index (χ4v) is 4.26. The average molecular weight is 388 g/mol. The molecule has 144 valence electrons. The Morgan fingerprint density at radius 2 is 1.67 bits per heavy atom. The number of para-hydroxylation sites is 1. The Bertz CT molecular complexity index is 954. The van der Waals surface area contributed by atoms with Crippen LogP contribution in [0, 0.1) is 13.8 Å². The Morgan fingerprint density at radius 1 is 1.04 bits per heavy atom. The first kappa shape index (κ1) is 19.4. The van der Waals surface area contributed by atoms with Gasteiger partial charge in [0.1, 0.15) is 0 Å². The lowest BCUT2D eigenvalue weighted by atomic mass is 10.2. The molecule has 0 aliphatic carbocycles. The van der Waals surface area contributed by atoms with Gasteiger partial charge in [-0.2, -0.15) is 4.31 Å². The third-order valence-corrected chi connectivity index (χ3v) is 6.21. The largest absolute Gasteiger partial charge is 0.337 e.